The van der Waals surface area contributed by atoms with E-state index >= 15 is 0 Å². The molecular weight excluding hydrogens is 444 g/mol. The number of nitrogens with one attached hydrogen (secondary N) is 2. The molecule has 0 fully saturated rings. The number of carbonyl (C=O) groups excluding carboxylic acids is 1. The molecule has 0 bridgehead atoms. The smallest absolute Gasteiger partial charge is 0.315 e. The third-order valence-corrected chi connectivity index (χ3v) is 5.66. The van der Waals surface area contributed by atoms with Crippen molar-refractivity contribution in [1.29, 1.82) is 5.41 Å². The summed E-state index contributed by atoms with van der Waals surface area (Å²) >= 11 is 0. The Morgan fingerprint density at radius 2 is 1.67 bits per heavy atom. The SMILES string of the molecule is CCOC(=N)CC(=O)OCC.Cc1ccc(OCCCNS(=O)(=O)c2ccccc2)c(C)c1. The van der Waals surface area contributed by atoms with Gasteiger partial charge in [-0.3, -0.25) is 10.2 Å². The zero-order valence-corrected chi connectivity index (χ0v) is 20.5. The Morgan fingerprint density at radius 3 is 2.27 bits per heavy atom. The molecule has 2 rings (SSSR count). The third-order valence-electron chi connectivity index (χ3n) is 4.18. The minimum Gasteiger partial charge on any atom is -0.493 e. The van der Waals surface area contributed by atoms with Crippen LogP contribution in [0.25, 0.3) is 0 Å². The maximum atomic E-state index is 12.0. The monoisotopic (exact) mass is 478 g/mol. The summed E-state index contributed by atoms with van der Waals surface area (Å²) in [6.07, 6.45) is 0.543. The van der Waals surface area contributed by atoms with Crippen LogP contribution in [0.2, 0.25) is 0 Å². The lowest BCUT2D eigenvalue weighted by Crippen LogP contribution is -2.25. The highest BCUT2D eigenvalue weighted by Crippen LogP contribution is 2.18. The van der Waals surface area contributed by atoms with Gasteiger partial charge in [0.25, 0.3) is 0 Å². The Morgan fingerprint density at radius 1 is 1.00 bits per heavy atom. The number of benzene rings is 2. The second-order valence-corrected chi connectivity index (χ2v) is 8.79. The fourth-order valence-electron chi connectivity index (χ4n) is 2.67. The first-order valence-corrected chi connectivity index (χ1v) is 12.3. The van der Waals surface area contributed by atoms with E-state index < -0.39 is 16.0 Å². The van der Waals surface area contributed by atoms with Gasteiger partial charge in [-0.1, -0.05) is 35.9 Å². The van der Waals surface area contributed by atoms with E-state index in [2.05, 4.69) is 15.5 Å². The van der Waals surface area contributed by atoms with E-state index in [0.29, 0.717) is 32.8 Å². The number of esters is 1. The molecule has 0 atom stereocenters. The third kappa shape index (κ3) is 11.5. The fourth-order valence-corrected chi connectivity index (χ4v) is 3.77. The molecule has 0 aliphatic carbocycles. The Bertz CT molecular complexity index is 962. The van der Waals surface area contributed by atoms with Crippen molar-refractivity contribution >= 4 is 21.9 Å². The van der Waals surface area contributed by atoms with Gasteiger partial charge in [-0.05, 0) is 57.9 Å². The molecule has 9 heteroatoms. The molecule has 0 aromatic heterocycles. The minimum atomic E-state index is -3.42. The number of rotatable bonds is 11. The van der Waals surface area contributed by atoms with Gasteiger partial charge in [0, 0.05) is 6.54 Å². The zero-order valence-electron chi connectivity index (χ0n) is 19.7. The lowest BCUT2D eigenvalue weighted by molar-refractivity contribution is -0.141. The number of hydrogen-bond donors (Lipinski definition) is 2. The van der Waals surface area contributed by atoms with Crippen LogP contribution in [-0.2, 0) is 24.3 Å². The molecule has 0 aliphatic rings. The quantitative estimate of drug-likeness (QED) is 0.218. The summed E-state index contributed by atoms with van der Waals surface area (Å²) in [7, 11) is -3.42. The summed E-state index contributed by atoms with van der Waals surface area (Å²) in [5, 5.41) is 7.07. The van der Waals surface area contributed by atoms with Crippen molar-refractivity contribution in [2.75, 3.05) is 26.4 Å². The molecule has 0 saturated heterocycles. The Labute approximate surface area is 196 Å². The summed E-state index contributed by atoms with van der Waals surface area (Å²) in [6, 6.07) is 14.4. The Kier molecular flexibility index (Phi) is 12.8. The van der Waals surface area contributed by atoms with Crippen LogP contribution in [0.5, 0.6) is 5.75 Å². The lowest BCUT2D eigenvalue weighted by Gasteiger charge is -2.10. The molecule has 0 spiro atoms. The van der Waals surface area contributed by atoms with E-state index in [1.54, 1.807) is 44.2 Å². The standard InChI is InChI=1S/C17H21NO3S.C7H13NO3/c1-14-9-10-17(15(2)13-14)21-12-6-11-18-22(19,20)16-7-4-3-5-8-16;1-3-10-6(8)5-7(9)11-4-2/h3-5,7-10,13,18H,6,11-12H2,1-2H3;8H,3-5H2,1-2H3. The summed E-state index contributed by atoms with van der Waals surface area (Å²) in [6.45, 7) is 9.11. The number of ether oxygens (including phenoxy) is 3. The average molecular weight is 479 g/mol. The van der Waals surface area contributed by atoms with Crippen LogP contribution in [0.15, 0.2) is 53.4 Å². The molecule has 0 saturated carbocycles. The minimum absolute atomic E-state index is 0.0362. The first-order chi connectivity index (χ1) is 15.7. The number of hydrogen-bond acceptors (Lipinski definition) is 7. The first-order valence-electron chi connectivity index (χ1n) is 10.8. The highest BCUT2D eigenvalue weighted by atomic mass is 32.2. The molecule has 0 amide bonds. The normalized spacial score (nSPS) is 10.5. The van der Waals surface area contributed by atoms with Crippen LogP contribution < -0.4 is 9.46 Å². The van der Waals surface area contributed by atoms with Gasteiger partial charge in [-0.25, -0.2) is 13.1 Å². The van der Waals surface area contributed by atoms with Crippen LogP contribution in [0, 0.1) is 19.3 Å². The molecule has 0 radical (unpaired) electrons. The van der Waals surface area contributed by atoms with Gasteiger partial charge in [-0.2, -0.15) is 0 Å². The van der Waals surface area contributed by atoms with Gasteiger partial charge in [0.2, 0.25) is 10.0 Å². The molecule has 2 aromatic carbocycles. The molecule has 33 heavy (non-hydrogen) atoms. The van der Waals surface area contributed by atoms with Gasteiger partial charge >= 0.3 is 5.97 Å². The molecule has 0 unspecified atom stereocenters. The van der Waals surface area contributed by atoms with Gasteiger partial charge in [0.05, 0.1) is 24.7 Å². The molecule has 2 N–H and O–H groups in total. The van der Waals surface area contributed by atoms with Gasteiger partial charge in [0.15, 0.2) is 5.90 Å². The van der Waals surface area contributed by atoms with Crippen molar-refractivity contribution in [2.45, 2.75) is 45.4 Å². The first kappa shape index (κ1) is 28.1. The molecule has 8 nitrogen and oxygen atoms in total. The van der Waals surface area contributed by atoms with Crippen LogP contribution in [0.1, 0.15) is 37.8 Å². The maximum Gasteiger partial charge on any atom is 0.315 e. The van der Waals surface area contributed by atoms with Crippen molar-refractivity contribution in [1.82, 2.24) is 4.72 Å². The number of aryl methyl sites for hydroxylation is 2. The van der Waals surface area contributed by atoms with Crippen LogP contribution in [0.4, 0.5) is 0 Å². The maximum absolute atomic E-state index is 12.0. The molecule has 2 aromatic rings. The summed E-state index contributed by atoms with van der Waals surface area (Å²) in [5.41, 5.74) is 2.28. The second-order valence-electron chi connectivity index (χ2n) is 7.02. The summed E-state index contributed by atoms with van der Waals surface area (Å²) in [4.78, 5) is 11.0. The molecule has 0 aliphatic heterocycles. The average Bonchev–Trinajstić information content (AvgIpc) is 2.76. The van der Waals surface area contributed by atoms with Gasteiger partial charge < -0.3 is 14.2 Å². The Hall–Kier alpha value is -2.91. The molecule has 182 valence electrons. The predicted molar refractivity (Wildman–Crippen MR) is 128 cm³/mol. The van der Waals surface area contributed by atoms with Crippen LogP contribution in [-0.4, -0.2) is 46.7 Å². The summed E-state index contributed by atoms with van der Waals surface area (Å²) in [5.74, 6) is 0.397. The number of carbonyl (C=O) groups is 1. The second kappa shape index (κ2) is 15.0. The topological polar surface area (TPSA) is 115 Å². The zero-order chi connectivity index (χ0) is 24.7. The van der Waals surface area contributed by atoms with E-state index in [0.717, 1.165) is 11.3 Å². The molecular formula is C24H34N2O6S. The summed E-state index contributed by atoms with van der Waals surface area (Å²) < 4.78 is 41.6. The predicted octanol–water partition coefficient (Wildman–Crippen LogP) is 4.00. The highest BCUT2D eigenvalue weighted by molar-refractivity contribution is 7.89. The largest absolute Gasteiger partial charge is 0.493 e. The van der Waals surface area contributed by atoms with Crippen molar-refractivity contribution < 1.29 is 27.4 Å². The van der Waals surface area contributed by atoms with Crippen molar-refractivity contribution in [2.24, 2.45) is 0 Å². The van der Waals surface area contributed by atoms with Gasteiger partial charge in [0.1, 0.15) is 12.2 Å². The Balaban J connectivity index is 0.000000420. The van der Waals surface area contributed by atoms with Crippen molar-refractivity contribution in [3.8, 4) is 5.75 Å². The van der Waals surface area contributed by atoms with E-state index in [9.17, 15) is 13.2 Å². The van der Waals surface area contributed by atoms with E-state index in [1.165, 1.54) is 5.56 Å². The molecule has 0 heterocycles. The highest BCUT2D eigenvalue weighted by Gasteiger charge is 2.12. The number of sulfonamides is 1. The van der Waals surface area contributed by atoms with Crippen LogP contribution >= 0.6 is 0 Å². The van der Waals surface area contributed by atoms with E-state index in [1.807, 2.05) is 26.0 Å². The van der Waals surface area contributed by atoms with E-state index in [-0.39, 0.29) is 17.2 Å². The van der Waals surface area contributed by atoms with Gasteiger partial charge in [-0.15, -0.1) is 0 Å². The van der Waals surface area contributed by atoms with Crippen LogP contribution in [0.3, 0.4) is 0 Å². The lowest BCUT2D eigenvalue weighted by atomic mass is 10.1. The fraction of sp³-hybridized carbons (Fsp3) is 0.417. The van der Waals surface area contributed by atoms with Crippen molar-refractivity contribution in [3.63, 3.8) is 0 Å². The van der Waals surface area contributed by atoms with E-state index in [4.69, 9.17) is 14.9 Å². The van der Waals surface area contributed by atoms with Crippen molar-refractivity contribution in [3.05, 3.63) is 59.7 Å².